The summed E-state index contributed by atoms with van der Waals surface area (Å²) < 4.78 is 4.57. The van der Waals surface area contributed by atoms with Gasteiger partial charge in [0, 0.05) is 6.61 Å². The Labute approximate surface area is 43.4 Å². The second kappa shape index (κ2) is 3.84. The van der Waals surface area contributed by atoms with Crippen molar-refractivity contribution in [3.05, 3.63) is 12.7 Å². The van der Waals surface area contributed by atoms with E-state index in [1.165, 1.54) is 0 Å². The average molecular weight is 101 g/mol. The van der Waals surface area contributed by atoms with Gasteiger partial charge in [-0.25, -0.2) is 0 Å². The molecule has 41 valence electrons. The molecule has 0 aromatic rings. The maximum atomic E-state index is 8.46. The Balaban J connectivity index is 2.98. The molecule has 0 aliphatic carbocycles. The predicted octanol–water partition coefficient (Wildman–Crippen LogP) is 0.330. The normalized spacial score (nSPS) is 13.4. The lowest BCUT2D eigenvalue weighted by Crippen LogP contribution is -2.06. The summed E-state index contributed by atoms with van der Waals surface area (Å²) in [6.07, 6.45) is 0.189. The fourth-order valence-corrected chi connectivity index (χ4v) is 0.226. The first kappa shape index (κ1) is 6.66. The molecule has 1 radical (unpaired) electrons. The lowest BCUT2D eigenvalue weighted by atomic mass is 10.6. The molecule has 1 N–H and O–H groups in total. The zero-order valence-corrected chi connectivity index (χ0v) is 4.29. The Hall–Kier alpha value is -0.340. The Kier molecular flexibility index (Phi) is 3.65. The summed E-state index contributed by atoms with van der Waals surface area (Å²) in [6, 6.07) is 0. The van der Waals surface area contributed by atoms with E-state index in [1.54, 1.807) is 6.92 Å². The minimum absolute atomic E-state index is 0.481. The van der Waals surface area contributed by atoms with Crippen molar-refractivity contribution in [2.45, 2.75) is 13.2 Å². The van der Waals surface area contributed by atoms with Gasteiger partial charge in [0.1, 0.15) is 0 Å². The minimum Gasteiger partial charge on any atom is -0.365 e. The number of aliphatic hydroxyl groups excluding tert-OH is 1. The van der Waals surface area contributed by atoms with E-state index < -0.39 is 6.29 Å². The molecule has 0 rings (SSSR count). The molecule has 0 aromatic heterocycles. The number of aliphatic hydroxyl groups is 1. The molecule has 2 heteroatoms. The van der Waals surface area contributed by atoms with Crippen LogP contribution in [0.25, 0.3) is 0 Å². The fraction of sp³-hybridized carbons (Fsp3) is 0.600. The van der Waals surface area contributed by atoms with Crippen molar-refractivity contribution in [3.8, 4) is 0 Å². The van der Waals surface area contributed by atoms with Gasteiger partial charge in [-0.1, -0.05) is 6.58 Å². The zero-order chi connectivity index (χ0) is 5.70. The fourth-order valence-electron chi connectivity index (χ4n) is 0.226. The van der Waals surface area contributed by atoms with Gasteiger partial charge in [-0.05, 0) is 13.0 Å². The number of hydrogen-bond acceptors (Lipinski definition) is 2. The molecule has 0 fully saturated rings. The standard InChI is InChI=1S/C5H9O2/c1-3-5(6)7-4-2/h1,3,5-6H,4H2,2H3. The summed E-state index contributed by atoms with van der Waals surface area (Å²) >= 11 is 0. The molecule has 1 unspecified atom stereocenters. The molecule has 0 aromatic carbocycles. The van der Waals surface area contributed by atoms with Gasteiger partial charge in [-0.2, -0.15) is 0 Å². The van der Waals surface area contributed by atoms with Crippen molar-refractivity contribution in [1.29, 1.82) is 0 Å². The molecule has 7 heavy (non-hydrogen) atoms. The Morgan fingerprint density at radius 2 is 2.57 bits per heavy atom. The SMILES string of the molecule is [CH]=CC(O)OCC. The van der Waals surface area contributed by atoms with E-state index in [0.29, 0.717) is 6.61 Å². The van der Waals surface area contributed by atoms with Crippen LogP contribution in [0.1, 0.15) is 6.92 Å². The monoisotopic (exact) mass is 101 g/mol. The maximum Gasteiger partial charge on any atom is 0.174 e. The first-order chi connectivity index (χ1) is 3.31. The first-order valence-electron chi connectivity index (χ1n) is 2.16. The highest BCUT2D eigenvalue weighted by atomic mass is 16.6. The van der Waals surface area contributed by atoms with Crippen LogP contribution in [0.3, 0.4) is 0 Å². The van der Waals surface area contributed by atoms with Crippen molar-refractivity contribution in [2.75, 3.05) is 6.61 Å². The lowest BCUT2D eigenvalue weighted by molar-refractivity contribution is -0.0586. The first-order valence-corrected chi connectivity index (χ1v) is 2.16. The number of hydrogen-bond donors (Lipinski definition) is 1. The van der Waals surface area contributed by atoms with Crippen LogP contribution in [0.5, 0.6) is 0 Å². The second-order valence-corrected chi connectivity index (χ2v) is 1.04. The molecule has 0 saturated heterocycles. The van der Waals surface area contributed by atoms with Crippen LogP contribution in [-0.2, 0) is 4.74 Å². The summed E-state index contributed by atoms with van der Waals surface area (Å²) in [5.74, 6) is 0. The Bertz CT molecular complexity index is 52.0. The van der Waals surface area contributed by atoms with Gasteiger partial charge < -0.3 is 9.84 Å². The van der Waals surface area contributed by atoms with Crippen LogP contribution in [0.15, 0.2) is 6.08 Å². The van der Waals surface area contributed by atoms with Crippen LogP contribution in [-0.4, -0.2) is 18.0 Å². The summed E-state index contributed by atoms with van der Waals surface area (Å²) in [7, 11) is 0. The Morgan fingerprint density at radius 3 is 2.71 bits per heavy atom. The van der Waals surface area contributed by atoms with Crippen LogP contribution < -0.4 is 0 Å². The smallest absolute Gasteiger partial charge is 0.174 e. The molecule has 0 aliphatic rings. The quantitative estimate of drug-likeness (QED) is 0.519. The molecule has 0 amide bonds. The van der Waals surface area contributed by atoms with E-state index in [1.807, 2.05) is 0 Å². The molecule has 0 saturated carbocycles. The number of rotatable bonds is 3. The largest absolute Gasteiger partial charge is 0.365 e. The van der Waals surface area contributed by atoms with Crippen molar-refractivity contribution >= 4 is 0 Å². The molecule has 2 nitrogen and oxygen atoms in total. The summed E-state index contributed by atoms with van der Waals surface area (Å²) in [4.78, 5) is 0. The molecule has 0 bridgehead atoms. The van der Waals surface area contributed by atoms with E-state index in [-0.39, 0.29) is 0 Å². The molecule has 0 aliphatic heterocycles. The third kappa shape index (κ3) is 3.49. The van der Waals surface area contributed by atoms with Gasteiger partial charge in [-0.15, -0.1) is 0 Å². The van der Waals surface area contributed by atoms with Crippen molar-refractivity contribution in [1.82, 2.24) is 0 Å². The summed E-state index contributed by atoms with van der Waals surface area (Å²) in [6.45, 7) is 7.12. The van der Waals surface area contributed by atoms with Gasteiger partial charge in [-0.3, -0.25) is 0 Å². The third-order valence-electron chi connectivity index (χ3n) is 0.502. The van der Waals surface area contributed by atoms with Gasteiger partial charge in [0.25, 0.3) is 0 Å². The highest BCUT2D eigenvalue weighted by Gasteiger charge is 1.89. The zero-order valence-electron chi connectivity index (χ0n) is 4.29. The van der Waals surface area contributed by atoms with E-state index >= 15 is 0 Å². The van der Waals surface area contributed by atoms with Crippen molar-refractivity contribution < 1.29 is 9.84 Å². The van der Waals surface area contributed by atoms with E-state index in [9.17, 15) is 0 Å². The van der Waals surface area contributed by atoms with Crippen LogP contribution in [0.2, 0.25) is 0 Å². The minimum atomic E-state index is -0.898. The topological polar surface area (TPSA) is 29.5 Å². The number of ether oxygens (including phenoxy) is 1. The van der Waals surface area contributed by atoms with Crippen molar-refractivity contribution in [2.24, 2.45) is 0 Å². The molecular weight excluding hydrogens is 92.1 g/mol. The van der Waals surface area contributed by atoms with Crippen LogP contribution in [0.4, 0.5) is 0 Å². The maximum absolute atomic E-state index is 8.46. The molecule has 1 atom stereocenters. The van der Waals surface area contributed by atoms with Gasteiger partial charge in [0.2, 0.25) is 0 Å². The third-order valence-corrected chi connectivity index (χ3v) is 0.502. The molecule has 0 heterocycles. The lowest BCUT2D eigenvalue weighted by Gasteiger charge is -2.01. The van der Waals surface area contributed by atoms with Crippen molar-refractivity contribution in [3.63, 3.8) is 0 Å². The van der Waals surface area contributed by atoms with E-state index in [2.05, 4.69) is 4.74 Å². The van der Waals surface area contributed by atoms with Gasteiger partial charge in [0.05, 0.1) is 0 Å². The second-order valence-electron chi connectivity index (χ2n) is 1.04. The molecular formula is C5H9O2. The average Bonchev–Trinajstić information content (AvgIpc) is 1.68. The highest BCUT2D eigenvalue weighted by molar-refractivity contribution is 4.64. The molecule has 0 spiro atoms. The summed E-state index contributed by atoms with van der Waals surface area (Å²) in [5.41, 5.74) is 0. The van der Waals surface area contributed by atoms with Gasteiger partial charge in [0.15, 0.2) is 6.29 Å². The van der Waals surface area contributed by atoms with Crippen LogP contribution >= 0.6 is 0 Å². The van der Waals surface area contributed by atoms with Gasteiger partial charge >= 0.3 is 0 Å². The highest BCUT2D eigenvalue weighted by Crippen LogP contribution is 1.83. The van der Waals surface area contributed by atoms with E-state index in [0.717, 1.165) is 6.08 Å². The predicted molar refractivity (Wildman–Crippen MR) is 26.5 cm³/mol. The van der Waals surface area contributed by atoms with E-state index in [4.69, 9.17) is 11.7 Å². The summed E-state index contributed by atoms with van der Waals surface area (Å²) in [5, 5.41) is 8.46. The van der Waals surface area contributed by atoms with Crippen LogP contribution in [0, 0.1) is 6.58 Å². The Morgan fingerprint density at radius 1 is 2.00 bits per heavy atom.